The number of hydrogen-bond acceptors (Lipinski definition) is 3. The first-order chi connectivity index (χ1) is 10.1. The van der Waals surface area contributed by atoms with Gasteiger partial charge in [-0.15, -0.1) is 0 Å². The van der Waals surface area contributed by atoms with Crippen molar-refractivity contribution in [3.05, 3.63) is 57.6 Å². The van der Waals surface area contributed by atoms with Crippen molar-refractivity contribution in [3.63, 3.8) is 0 Å². The van der Waals surface area contributed by atoms with Gasteiger partial charge >= 0.3 is 0 Å². The lowest BCUT2D eigenvalue weighted by Gasteiger charge is -2.22. The molecule has 21 heavy (non-hydrogen) atoms. The van der Waals surface area contributed by atoms with Gasteiger partial charge in [0.25, 0.3) is 0 Å². The maximum absolute atomic E-state index is 13.8. The SMILES string of the molecule is OC(c1cc(Br)c2c(c1)OCCO2)c1c(F)cccc1F. The molecule has 1 heterocycles. The number of hydrogen-bond donors (Lipinski definition) is 1. The number of aliphatic hydroxyl groups excluding tert-OH is 1. The Balaban J connectivity index is 2.06. The zero-order chi connectivity index (χ0) is 15.0. The Hall–Kier alpha value is -1.66. The van der Waals surface area contributed by atoms with Crippen LogP contribution in [0.5, 0.6) is 11.5 Å². The van der Waals surface area contributed by atoms with Gasteiger partial charge in [0.15, 0.2) is 11.5 Å². The second-order valence-electron chi connectivity index (χ2n) is 4.56. The van der Waals surface area contributed by atoms with Crippen LogP contribution in [0.25, 0.3) is 0 Å². The van der Waals surface area contributed by atoms with E-state index in [4.69, 9.17) is 9.47 Å². The van der Waals surface area contributed by atoms with Crippen molar-refractivity contribution >= 4 is 15.9 Å². The molecule has 2 aromatic rings. The third kappa shape index (κ3) is 2.61. The van der Waals surface area contributed by atoms with Gasteiger partial charge in [0.1, 0.15) is 31.0 Å². The van der Waals surface area contributed by atoms with Crippen LogP contribution in [0.1, 0.15) is 17.2 Å². The Labute approximate surface area is 128 Å². The van der Waals surface area contributed by atoms with Crippen molar-refractivity contribution in [1.29, 1.82) is 0 Å². The summed E-state index contributed by atoms with van der Waals surface area (Å²) in [5.74, 6) is -0.644. The molecule has 0 saturated heterocycles. The predicted molar refractivity (Wildman–Crippen MR) is 75.6 cm³/mol. The Morgan fingerprint density at radius 1 is 1.10 bits per heavy atom. The summed E-state index contributed by atoms with van der Waals surface area (Å²) in [6, 6.07) is 6.55. The first kappa shape index (κ1) is 14.3. The van der Waals surface area contributed by atoms with Crippen molar-refractivity contribution in [1.82, 2.24) is 0 Å². The van der Waals surface area contributed by atoms with Gasteiger partial charge in [-0.25, -0.2) is 8.78 Å². The molecule has 3 nitrogen and oxygen atoms in total. The van der Waals surface area contributed by atoms with Gasteiger partial charge in [0.05, 0.1) is 10.0 Å². The summed E-state index contributed by atoms with van der Waals surface area (Å²) < 4.78 is 39.0. The van der Waals surface area contributed by atoms with Gasteiger partial charge < -0.3 is 14.6 Å². The van der Waals surface area contributed by atoms with E-state index in [1.165, 1.54) is 12.1 Å². The van der Waals surface area contributed by atoms with E-state index in [2.05, 4.69) is 15.9 Å². The van der Waals surface area contributed by atoms with Gasteiger partial charge in [-0.2, -0.15) is 0 Å². The molecular formula is C15H11BrF2O3. The smallest absolute Gasteiger partial charge is 0.175 e. The fourth-order valence-corrected chi connectivity index (χ4v) is 2.80. The van der Waals surface area contributed by atoms with E-state index in [0.29, 0.717) is 34.7 Å². The van der Waals surface area contributed by atoms with E-state index in [1.807, 2.05) is 0 Å². The van der Waals surface area contributed by atoms with Crippen LogP contribution in [0, 0.1) is 11.6 Å². The van der Waals surface area contributed by atoms with Crippen molar-refractivity contribution in [2.24, 2.45) is 0 Å². The molecule has 0 fully saturated rings. The summed E-state index contributed by atoms with van der Waals surface area (Å²) in [5, 5.41) is 10.3. The van der Waals surface area contributed by atoms with Gasteiger partial charge in [-0.3, -0.25) is 0 Å². The van der Waals surface area contributed by atoms with Crippen molar-refractivity contribution in [2.75, 3.05) is 13.2 Å². The molecule has 1 atom stereocenters. The van der Waals surface area contributed by atoms with E-state index in [1.54, 1.807) is 6.07 Å². The van der Waals surface area contributed by atoms with Gasteiger partial charge in [-0.1, -0.05) is 6.07 Å². The lowest BCUT2D eigenvalue weighted by atomic mass is 10.00. The average molecular weight is 357 g/mol. The maximum atomic E-state index is 13.8. The number of rotatable bonds is 2. The zero-order valence-corrected chi connectivity index (χ0v) is 12.4. The van der Waals surface area contributed by atoms with E-state index in [0.717, 1.165) is 12.1 Å². The summed E-state index contributed by atoms with van der Waals surface area (Å²) in [6.07, 6.45) is -1.43. The average Bonchev–Trinajstić information content (AvgIpc) is 2.47. The molecule has 6 heteroatoms. The first-order valence-electron chi connectivity index (χ1n) is 6.29. The minimum atomic E-state index is -1.43. The molecule has 1 aliphatic heterocycles. The number of aliphatic hydroxyl groups is 1. The Bertz CT molecular complexity index is 671. The summed E-state index contributed by atoms with van der Waals surface area (Å²) >= 11 is 3.31. The number of ether oxygens (including phenoxy) is 2. The van der Waals surface area contributed by atoms with Crippen molar-refractivity contribution in [3.8, 4) is 11.5 Å². The molecule has 0 bridgehead atoms. The molecule has 0 radical (unpaired) electrons. The lowest BCUT2D eigenvalue weighted by Crippen LogP contribution is -2.16. The van der Waals surface area contributed by atoms with Crippen LogP contribution in [0.4, 0.5) is 8.78 Å². The van der Waals surface area contributed by atoms with Crippen LogP contribution >= 0.6 is 15.9 Å². The van der Waals surface area contributed by atoms with Gasteiger partial charge in [0.2, 0.25) is 0 Å². The molecule has 0 saturated carbocycles. The Kier molecular flexibility index (Phi) is 3.82. The zero-order valence-electron chi connectivity index (χ0n) is 10.8. The first-order valence-corrected chi connectivity index (χ1v) is 7.08. The summed E-state index contributed by atoms with van der Waals surface area (Å²) in [7, 11) is 0. The quantitative estimate of drug-likeness (QED) is 0.893. The number of benzene rings is 2. The highest BCUT2D eigenvalue weighted by Gasteiger charge is 2.23. The monoisotopic (exact) mass is 356 g/mol. The second-order valence-corrected chi connectivity index (χ2v) is 5.42. The molecule has 3 rings (SSSR count). The lowest BCUT2D eigenvalue weighted by molar-refractivity contribution is 0.168. The van der Waals surface area contributed by atoms with Crippen molar-refractivity contribution < 1.29 is 23.4 Å². The maximum Gasteiger partial charge on any atom is 0.175 e. The highest BCUT2D eigenvalue weighted by Crippen LogP contribution is 2.41. The summed E-state index contributed by atoms with van der Waals surface area (Å²) in [5.41, 5.74) is -0.0730. The molecule has 0 aromatic heterocycles. The Morgan fingerprint density at radius 3 is 2.48 bits per heavy atom. The van der Waals surface area contributed by atoms with E-state index in [-0.39, 0.29) is 5.56 Å². The Morgan fingerprint density at radius 2 is 1.76 bits per heavy atom. The molecule has 110 valence electrons. The third-order valence-corrected chi connectivity index (χ3v) is 3.80. The highest BCUT2D eigenvalue weighted by molar-refractivity contribution is 9.10. The van der Waals surface area contributed by atoms with Crippen molar-refractivity contribution in [2.45, 2.75) is 6.10 Å². The van der Waals surface area contributed by atoms with E-state index < -0.39 is 17.7 Å². The molecule has 1 unspecified atom stereocenters. The number of fused-ring (bicyclic) bond motifs is 1. The molecule has 1 N–H and O–H groups in total. The van der Waals surface area contributed by atoms with Crippen LogP contribution < -0.4 is 9.47 Å². The van der Waals surface area contributed by atoms with Crippen LogP contribution in [0.15, 0.2) is 34.8 Å². The third-order valence-electron chi connectivity index (χ3n) is 3.21. The van der Waals surface area contributed by atoms with Crippen LogP contribution in [-0.2, 0) is 0 Å². The minimum Gasteiger partial charge on any atom is -0.486 e. The topological polar surface area (TPSA) is 38.7 Å². The molecule has 1 aliphatic rings. The fourth-order valence-electron chi connectivity index (χ4n) is 2.23. The minimum absolute atomic E-state index is 0.315. The molecule has 0 aliphatic carbocycles. The fraction of sp³-hybridized carbons (Fsp3) is 0.200. The predicted octanol–water partition coefficient (Wildman–Crippen LogP) is 3.58. The number of halogens is 3. The van der Waals surface area contributed by atoms with E-state index in [9.17, 15) is 13.9 Å². The van der Waals surface area contributed by atoms with Gasteiger partial charge in [0, 0.05) is 0 Å². The normalized spacial score (nSPS) is 14.9. The largest absolute Gasteiger partial charge is 0.486 e. The van der Waals surface area contributed by atoms with Crippen LogP contribution in [0.2, 0.25) is 0 Å². The molecule has 0 amide bonds. The molecule has 0 spiro atoms. The van der Waals surface area contributed by atoms with Crippen LogP contribution in [-0.4, -0.2) is 18.3 Å². The van der Waals surface area contributed by atoms with Gasteiger partial charge in [-0.05, 0) is 45.8 Å². The standard InChI is InChI=1S/C15H11BrF2O3/c16-9-6-8(7-12-15(9)21-5-4-20-12)14(19)13-10(17)2-1-3-11(13)18/h1-3,6-7,14,19H,4-5H2. The summed E-state index contributed by atoms with van der Waals surface area (Å²) in [6.45, 7) is 0.808. The second kappa shape index (κ2) is 5.61. The molecule has 2 aromatic carbocycles. The molecular weight excluding hydrogens is 346 g/mol. The highest BCUT2D eigenvalue weighted by atomic mass is 79.9. The van der Waals surface area contributed by atoms with E-state index >= 15 is 0 Å². The summed E-state index contributed by atoms with van der Waals surface area (Å²) in [4.78, 5) is 0. The van der Waals surface area contributed by atoms with Crippen LogP contribution in [0.3, 0.4) is 0 Å².